The third-order valence-electron chi connectivity index (χ3n) is 2.29. The van der Waals surface area contributed by atoms with Crippen molar-refractivity contribution in [2.75, 3.05) is 27.4 Å². The summed E-state index contributed by atoms with van der Waals surface area (Å²) in [6.45, 7) is 3.62. The number of nitrogens with two attached hydrogens (primary N) is 1. The van der Waals surface area contributed by atoms with Gasteiger partial charge in [-0.3, -0.25) is 4.79 Å². The molecule has 5 heteroatoms. The van der Waals surface area contributed by atoms with Crippen LogP contribution in [0.1, 0.15) is 13.8 Å². The van der Waals surface area contributed by atoms with Crippen molar-refractivity contribution in [1.82, 2.24) is 4.90 Å². The van der Waals surface area contributed by atoms with Gasteiger partial charge in [0.05, 0.1) is 18.8 Å². The lowest BCUT2D eigenvalue weighted by atomic mass is 10.0. The third kappa shape index (κ3) is 3.25. The number of methoxy groups -OCH3 is 1. The first-order valence-electron chi connectivity index (χ1n) is 4.50. The van der Waals surface area contributed by atoms with Crippen LogP contribution in [0.2, 0.25) is 0 Å². The van der Waals surface area contributed by atoms with Gasteiger partial charge in [0, 0.05) is 14.2 Å². The van der Waals surface area contributed by atoms with E-state index in [1.165, 1.54) is 12.0 Å². The number of ether oxygens (including phenoxy) is 1. The topological polar surface area (TPSA) is 75.8 Å². The maximum Gasteiger partial charge on any atom is 0.242 e. The Hall–Kier alpha value is -0.650. The van der Waals surface area contributed by atoms with Gasteiger partial charge in [-0.2, -0.15) is 0 Å². The van der Waals surface area contributed by atoms with Crippen LogP contribution in [0.25, 0.3) is 0 Å². The number of rotatable bonds is 5. The van der Waals surface area contributed by atoms with Crippen molar-refractivity contribution in [3.05, 3.63) is 0 Å². The Labute approximate surface area is 84.8 Å². The molecule has 0 saturated carbocycles. The van der Waals surface area contributed by atoms with Crippen LogP contribution in [0, 0.1) is 0 Å². The van der Waals surface area contributed by atoms with Crippen LogP contribution in [0.15, 0.2) is 0 Å². The first kappa shape index (κ1) is 13.4. The quantitative estimate of drug-likeness (QED) is 0.614. The molecule has 5 nitrogen and oxygen atoms in total. The van der Waals surface area contributed by atoms with E-state index in [2.05, 4.69) is 0 Å². The summed E-state index contributed by atoms with van der Waals surface area (Å²) in [5.74, 6) is -0.231. The zero-order valence-corrected chi connectivity index (χ0v) is 9.28. The number of aliphatic hydroxyl groups excluding tert-OH is 1. The highest BCUT2D eigenvalue weighted by Crippen LogP contribution is 2.11. The summed E-state index contributed by atoms with van der Waals surface area (Å²) in [5.41, 5.74) is 4.99. The SMILES string of the molecule is COCC(N)C(=O)N(C)C(C)(C)CO. The molecule has 0 aliphatic carbocycles. The van der Waals surface area contributed by atoms with Crippen molar-refractivity contribution in [2.45, 2.75) is 25.4 Å². The Morgan fingerprint density at radius 2 is 2.14 bits per heavy atom. The molecule has 1 unspecified atom stereocenters. The maximum absolute atomic E-state index is 11.6. The van der Waals surface area contributed by atoms with E-state index in [1.807, 2.05) is 0 Å². The van der Waals surface area contributed by atoms with Crippen LogP contribution in [0.3, 0.4) is 0 Å². The van der Waals surface area contributed by atoms with Crippen molar-refractivity contribution in [3.63, 3.8) is 0 Å². The van der Waals surface area contributed by atoms with Crippen molar-refractivity contribution < 1.29 is 14.6 Å². The van der Waals surface area contributed by atoms with Gasteiger partial charge in [0.25, 0.3) is 0 Å². The number of aliphatic hydroxyl groups is 1. The normalized spacial score (nSPS) is 13.9. The predicted molar refractivity (Wildman–Crippen MR) is 53.8 cm³/mol. The molecular weight excluding hydrogens is 184 g/mol. The molecule has 0 heterocycles. The molecule has 1 atom stereocenters. The molecule has 0 aliphatic rings. The Morgan fingerprint density at radius 1 is 1.64 bits per heavy atom. The van der Waals surface area contributed by atoms with Gasteiger partial charge in [-0.1, -0.05) is 0 Å². The minimum atomic E-state index is -0.671. The molecule has 0 fully saturated rings. The molecule has 0 spiro atoms. The first-order valence-corrected chi connectivity index (χ1v) is 4.50. The van der Waals surface area contributed by atoms with E-state index in [1.54, 1.807) is 20.9 Å². The average molecular weight is 204 g/mol. The van der Waals surface area contributed by atoms with Crippen LogP contribution in [-0.4, -0.2) is 54.9 Å². The van der Waals surface area contributed by atoms with Crippen molar-refractivity contribution in [2.24, 2.45) is 5.73 Å². The molecule has 1 amide bonds. The van der Waals surface area contributed by atoms with Gasteiger partial charge in [-0.15, -0.1) is 0 Å². The number of carbonyl (C=O) groups is 1. The highest BCUT2D eigenvalue weighted by molar-refractivity contribution is 5.82. The van der Waals surface area contributed by atoms with Gasteiger partial charge >= 0.3 is 0 Å². The number of nitrogens with zero attached hydrogens (tertiary/aromatic N) is 1. The smallest absolute Gasteiger partial charge is 0.242 e. The highest BCUT2D eigenvalue weighted by Gasteiger charge is 2.29. The summed E-state index contributed by atoms with van der Waals surface area (Å²) < 4.78 is 4.79. The maximum atomic E-state index is 11.6. The lowest BCUT2D eigenvalue weighted by Gasteiger charge is -2.35. The highest BCUT2D eigenvalue weighted by atomic mass is 16.5. The Balaban J connectivity index is 4.38. The van der Waals surface area contributed by atoms with Gasteiger partial charge in [0.15, 0.2) is 0 Å². The summed E-state index contributed by atoms with van der Waals surface area (Å²) in [7, 11) is 3.11. The van der Waals surface area contributed by atoms with Gasteiger partial charge in [-0.25, -0.2) is 0 Å². The lowest BCUT2D eigenvalue weighted by Crippen LogP contribution is -2.54. The molecular formula is C9H20N2O3. The third-order valence-corrected chi connectivity index (χ3v) is 2.29. The number of likely N-dealkylation sites (N-methyl/N-ethyl adjacent to an activating group) is 1. The van der Waals surface area contributed by atoms with Crippen LogP contribution < -0.4 is 5.73 Å². The lowest BCUT2D eigenvalue weighted by molar-refractivity contribution is -0.138. The molecule has 0 radical (unpaired) electrons. The molecule has 14 heavy (non-hydrogen) atoms. The fourth-order valence-electron chi connectivity index (χ4n) is 0.904. The first-order chi connectivity index (χ1) is 6.36. The molecule has 0 aromatic heterocycles. The fraction of sp³-hybridized carbons (Fsp3) is 0.889. The van der Waals surface area contributed by atoms with Crippen LogP contribution in [0.4, 0.5) is 0 Å². The number of carbonyl (C=O) groups excluding carboxylic acids is 1. The number of amides is 1. The second kappa shape index (κ2) is 5.29. The van der Waals surface area contributed by atoms with Crippen molar-refractivity contribution in [1.29, 1.82) is 0 Å². The van der Waals surface area contributed by atoms with Crippen molar-refractivity contribution >= 4 is 5.91 Å². The number of hydrogen-bond donors (Lipinski definition) is 2. The van der Waals surface area contributed by atoms with Gasteiger partial charge in [0.1, 0.15) is 6.04 Å². The van der Waals surface area contributed by atoms with Crippen LogP contribution >= 0.6 is 0 Å². The van der Waals surface area contributed by atoms with Crippen LogP contribution in [-0.2, 0) is 9.53 Å². The van der Waals surface area contributed by atoms with Gasteiger partial charge < -0.3 is 20.5 Å². The summed E-state index contributed by atoms with van der Waals surface area (Å²) in [5, 5.41) is 9.06. The Bertz CT molecular complexity index is 194. The fourth-order valence-corrected chi connectivity index (χ4v) is 0.904. The largest absolute Gasteiger partial charge is 0.394 e. The van der Waals surface area contributed by atoms with E-state index in [0.29, 0.717) is 0 Å². The second-order valence-corrected chi connectivity index (χ2v) is 3.93. The van der Waals surface area contributed by atoms with Gasteiger partial charge in [0.2, 0.25) is 5.91 Å². The van der Waals surface area contributed by atoms with E-state index in [4.69, 9.17) is 15.6 Å². The van der Waals surface area contributed by atoms with Crippen LogP contribution in [0.5, 0.6) is 0 Å². The summed E-state index contributed by atoms with van der Waals surface area (Å²) >= 11 is 0. The molecule has 0 bridgehead atoms. The molecule has 0 aliphatic heterocycles. The predicted octanol–water partition coefficient (Wildman–Crippen LogP) is -0.811. The van der Waals surface area contributed by atoms with Crippen molar-refractivity contribution in [3.8, 4) is 0 Å². The van der Waals surface area contributed by atoms with E-state index in [9.17, 15) is 4.79 Å². The zero-order chi connectivity index (χ0) is 11.4. The molecule has 0 aromatic rings. The second-order valence-electron chi connectivity index (χ2n) is 3.93. The summed E-state index contributed by atoms with van der Waals surface area (Å²) in [4.78, 5) is 13.1. The van der Waals surface area contributed by atoms with E-state index in [-0.39, 0.29) is 19.1 Å². The van der Waals surface area contributed by atoms with E-state index >= 15 is 0 Å². The zero-order valence-electron chi connectivity index (χ0n) is 9.28. The van der Waals surface area contributed by atoms with E-state index < -0.39 is 11.6 Å². The number of hydrogen-bond acceptors (Lipinski definition) is 4. The molecule has 0 saturated heterocycles. The molecule has 3 N–H and O–H groups in total. The molecule has 84 valence electrons. The minimum absolute atomic E-state index is 0.102. The van der Waals surface area contributed by atoms with Gasteiger partial charge in [-0.05, 0) is 13.8 Å². The standard InChI is InChI=1S/C9H20N2O3/c1-9(2,6-12)11(3)8(13)7(10)5-14-4/h7,12H,5-6,10H2,1-4H3. The Morgan fingerprint density at radius 3 is 2.50 bits per heavy atom. The average Bonchev–Trinajstić information content (AvgIpc) is 2.15. The summed E-state index contributed by atoms with van der Waals surface area (Å²) in [6.07, 6.45) is 0. The molecule has 0 aromatic carbocycles. The monoisotopic (exact) mass is 204 g/mol. The molecule has 0 rings (SSSR count). The Kier molecular flexibility index (Phi) is 5.04. The summed E-state index contributed by atoms with van der Waals surface area (Å²) in [6, 6.07) is -0.671. The van der Waals surface area contributed by atoms with E-state index in [0.717, 1.165) is 0 Å². The minimum Gasteiger partial charge on any atom is -0.394 e.